The molecule has 1 aliphatic heterocycles. The molecule has 0 aromatic rings. The fourth-order valence-corrected chi connectivity index (χ4v) is 1.61. The number of carbonyl (C=O) groups excluding carboxylic acids is 1. The third-order valence-corrected chi connectivity index (χ3v) is 2.20. The molecule has 5 heteroatoms. The summed E-state index contributed by atoms with van der Waals surface area (Å²) in [5.41, 5.74) is 0. The molecule has 1 fully saturated rings. The van der Waals surface area contributed by atoms with Crippen LogP contribution in [0, 0.1) is 0 Å². The Labute approximate surface area is 77.3 Å². The number of aliphatic hydroxyl groups is 2. The third-order valence-electron chi connectivity index (χ3n) is 2.20. The number of piperidine rings is 1. The van der Waals surface area contributed by atoms with Crippen molar-refractivity contribution in [3.63, 3.8) is 0 Å². The molecule has 0 aliphatic carbocycles. The first kappa shape index (κ1) is 10.4. The molecule has 1 aliphatic rings. The Kier molecular flexibility index (Phi) is 3.24. The minimum absolute atomic E-state index is 0.188. The number of rotatable bonds is 1. The number of aliphatic hydroxyl groups excluding tert-OH is 2. The molecular formula is C8H16N2O3. The van der Waals surface area contributed by atoms with Crippen LogP contribution in [0.2, 0.25) is 0 Å². The molecule has 13 heavy (non-hydrogen) atoms. The van der Waals surface area contributed by atoms with Gasteiger partial charge in [-0.05, 0) is 7.05 Å². The van der Waals surface area contributed by atoms with Crippen LogP contribution < -0.4 is 5.32 Å². The molecule has 0 aromatic carbocycles. The average Bonchev–Trinajstić information content (AvgIpc) is 1.98. The second-order valence-corrected chi connectivity index (χ2v) is 3.59. The van der Waals surface area contributed by atoms with Crippen molar-refractivity contribution >= 4 is 5.91 Å². The second-order valence-electron chi connectivity index (χ2n) is 3.59. The van der Waals surface area contributed by atoms with Gasteiger partial charge in [-0.2, -0.15) is 0 Å². The maximum absolute atomic E-state index is 10.7. The summed E-state index contributed by atoms with van der Waals surface area (Å²) in [5.74, 6) is -0.188. The highest BCUT2D eigenvalue weighted by atomic mass is 16.3. The van der Waals surface area contributed by atoms with Crippen LogP contribution in [-0.4, -0.2) is 59.4 Å². The van der Waals surface area contributed by atoms with E-state index in [0.717, 1.165) is 0 Å². The molecule has 3 N–H and O–H groups in total. The van der Waals surface area contributed by atoms with Gasteiger partial charge in [-0.3, -0.25) is 4.79 Å². The van der Waals surface area contributed by atoms with Crippen molar-refractivity contribution in [1.29, 1.82) is 0 Å². The number of β-amino-alcohol motifs (C(OH)–C–C–N with tert-alkyl or cyclic N) is 1. The standard InChI is InChI=1S/C8H16N2O3/c1-5(11)9-6-3-10(2)4-7(12)8(6)13/h6-8,12-13H,3-4H2,1-2H3,(H,9,11)/t6-,7+,8+/m1/s1. The van der Waals surface area contributed by atoms with E-state index in [0.29, 0.717) is 13.1 Å². The van der Waals surface area contributed by atoms with E-state index in [-0.39, 0.29) is 11.9 Å². The van der Waals surface area contributed by atoms with E-state index < -0.39 is 12.2 Å². The smallest absolute Gasteiger partial charge is 0.217 e. The van der Waals surface area contributed by atoms with Crippen molar-refractivity contribution in [3.8, 4) is 0 Å². The number of carbonyl (C=O) groups is 1. The van der Waals surface area contributed by atoms with E-state index in [1.54, 1.807) is 0 Å². The lowest BCUT2D eigenvalue weighted by Crippen LogP contribution is -2.60. The largest absolute Gasteiger partial charge is 0.389 e. The zero-order valence-electron chi connectivity index (χ0n) is 7.90. The fourth-order valence-electron chi connectivity index (χ4n) is 1.61. The second kappa shape index (κ2) is 4.04. The van der Waals surface area contributed by atoms with Gasteiger partial charge in [0.05, 0.1) is 12.1 Å². The summed E-state index contributed by atoms with van der Waals surface area (Å²) in [7, 11) is 1.84. The Morgan fingerprint density at radius 3 is 2.62 bits per heavy atom. The van der Waals surface area contributed by atoms with Gasteiger partial charge >= 0.3 is 0 Å². The average molecular weight is 188 g/mol. The summed E-state index contributed by atoms with van der Waals surface area (Å²) in [6.45, 7) is 2.41. The van der Waals surface area contributed by atoms with Gasteiger partial charge < -0.3 is 20.4 Å². The molecule has 0 unspecified atom stereocenters. The van der Waals surface area contributed by atoms with Crippen LogP contribution in [-0.2, 0) is 4.79 Å². The number of hydrogen-bond donors (Lipinski definition) is 3. The number of amides is 1. The molecule has 5 nitrogen and oxygen atoms in total. The Hall–Kier alpha value is -0.650. The molecule has 0 aromatic heterocycles. The van der Waals surface area contributed by atoms with Crippen LogP contribution in [0.1, 0.15) is 6.92 Å². The van der Waals surface area contributed by atoms with Crippen LogP contribution in [0.15, 0.2) is 0 Å². The minimum atomic E-state index is -0.861. The van der Waals surface area contributed by atoms with Crippen LogP contribution in [0.4, 0.5) is 0 Å². The molecule has 1 saturated heterocycles. The Morgan fingerprint density at radius 1 is 1.46 bits per heavy atom. The monoisotopic (exact) mass is 188 g/mol. The number of likely N-dealkylation sites (tertiary alicyclic amines) is 1. The predicted molar refractivity (Wildman–Crippen MR) is 47.1 cm³/mol. The van der Waals surface area contributed by atoms with Crippen molar-refractivity contribution < 1.29 is 15.0 Å². The summed E-state index contributed by atoms with van der Waals surface area (Å²) in [4.78, 5) is 12.6. The highest BCUT2D eigenvalue weighted by Crippen LogP contribution is 2.09. The molecule has 1 amide bonds. The van der Waals surface area contributed by atoms with E-state index >= 15 is 0 Å². The fraction of sp³-hybridized carbons (Fsp3) is 0.875. The molecule has 1 heterocycles. The first-order valence-corrected chi connectivity index (χ1v) is 4.32. The summed E-state index contributed by atoms with van der Waals surface area (Å²) in [5, 5.41) is 21.5. The van der Waals surface area contributed by atoms with Gasteiger partial charge in [0, 0.05) is 20.0 Å². The first-order valence-electron chi connectivity index (χ1n) is 4.32. The van der Waals surface area contributed by atoms with Gasteiger partial charge in [-0.1, -0.05) is 0 Å². The van der Waals surface area contributed by atoms with Crippen molar-refractivity contribution in [3.05, 3.63) is 0 Å². The topological polar surface area (TPSA) is 72.8 Å². The number of nitrogens with zero attached hydrogens (tertiary/aromatic N) is 1. The zero-order chi connectivity index (χ0) is 10.0. The van der Waals surface area contributed by atoms with Gasteiger partial charge in [0.2, 0.25) is 5.91 Å². The molecule has 76 valence electrons. The van der Waals surface area contributed by atoms with E-state index in [4.69, 9.17) is 0 Å². The van der Waals surface area contributed by atoms with Crippen LogP contribution >= 0.6 is 0 Å². The highest BCUT2D eigenvalue weighted by molar-refractivity contribution is 5.73. The Balaban J connectivity index is 2.55. The molecule has 0 bridgehead atoms. The Morgan fingerprint density at radius 2 is 2.08 bits per heavy atom. The summed E-state index contributed by atoms with van der Waals surface area (Å²) in [6, 6.07) is -0.369. The van der Waals surface area contributed by atoms with Crippen molar-refractivity contribution in [2.45, 2.75) is 25.2 Å². The maximum atomic E-state index is 10.7. The minimum Gasteiger partial charge on any atom is -0.389 e. The molecular weight excluding hydrogens is 172 g/mol. The van der Waals surface area contributed by atoms with E-state index in [1.807, 2.05) is 11.9 Å². The van der Waals surface area contributed by atoms with Gasteiger partial charge in [-0.15, -0.1) is 0 Å². The highest BCUT2D eigenvalue weighted by Gasteiger charge is 2.33. The molecule has 1 rings (SSSR count). The molecule has 0 spiro atoms. The van der Waals surface area contributed by atoms with Gasteiger partial charge in [0.25, 0.3) is 0 Å². The molecule has 0 radical (unpaired) electrons. The van der Waals surface area contributed by atoms with Gasteiger partial charge in [0.1, 0.15) is 6.10 Å². The summed E-state index contributed by atoms with van der Waals surface area (Å²) < 4.78 is 0. The maximum Gasteiger partial charge on any atom is 0.217 e. The lowest BCUT2D eigenvalue weighted by molar-refractivity contribution is -0.123. The summed E-state index contributed by atoms with van der Waals surface area (Å²) >= 11 is 0. The van der Waals surface area contributed by atoms with E-state index in [2.05, 4.69) is 5.32 Å². The van der Waals surface area contributed by atoms with E-state index in [1.165, 1.54) is 6.92 Å². The van der Waals surface area contributed by atoms with Crippen LogP contribution in [0.5, 0.6) is 0 Å². The van der Waals surface area contributed by atoms with Crippen LogP contribution in [0.25, 0.3) is 0 Å². The van der Waals surface area contributed by atoms with Crippen molar-refractivity contribution in [1.82, 2.24) is 10.2 Å². The van der Waals surface area contributed by atoms with Crippen LogP contribution in [0.3, 0.4) is 0 Å². The van der Waals surface area contributed by atoms with Gasteiger partial charge in [0.15, 0.2) is 0 Å². The molecule has 3 atom stereocenters. The van der Waals surface area contributed by atoms with Gasteiger partial charge in [-0.25, -0.2) is 0 Å². The lowest BCUT2D eigenvalue weighted by atomic mass is 10.00. The van der Waals surface area contributed by atoms with Crippen molar-refractivity contribution in [2.24, 2.45) is 0 Å². The lowest BCUT2D eigenvalue weighted by Gasteiger charge is -2.37. The first-order chi connectivity index (χ1) is 6.00. The SMILES string of the molecule is CC(=O)N[C@@H]1CN(C)C[C@H](O)[C@H]1O. The third kappa shape index (κ3) is 2.65. The number of likely N-dealkylation sites (N-methyl/N-ethyl adjacent to an activating group) is 1. The summed E-state index contributed by atoms with van der Waals surface area (Å²) in [6.07, 6.45) is -1.64. The molecule has 0 saturated carbocycles. The number of nitrogens with one attached hydrogen (secondary N) is 1. The van der Waals surface area contributed by atoms with E-state index in [9.17, 15) is 15.0 Å². The Bertz CT molecular complexity index is 198. The quantitative estimate of drug-likeness (QED) is 0.452. The predicted octanol–water partition coefficient (Wildman–Crippen LogP) is -1.84. The normalized spacial score (nSPS) is 35.8. The van der Waals surface area contributed by atoms with Crippen molar-refractivity contribution in [2.75, 3.05) is 20.1 Å². The number of hydrogen-bond acceptors (Lipinski definition) is 4. The zero-order valence-corrected chi connectivity index (χ0v) is 7.90.